The van der Waals surface area contributed by atoms with Crippen LogP contribution in [0.25, 0.3) is 0 Å². The molecule has 1 aliphatic heterocycles. The van der Waals surface area contributed by atoms with E-state index in [0.717, 1.165) is 32.1 Å². The first-order valence-electron chi connectivity index (χ1n) is 9.61. The maximum atomic E-state index is 15.0. The minimum absolute atomic E-state index is 0. The topological polar surface area (TPSA) is 122 Å². The molecule has 0 spiro atoms. The largest absolute Gasteiger partial charge is 0.461 e. The average Bonchev–Trinajstić information content (AvgIpc) is 2.67. The number of halogens is 3. The van der Waals surface area contributed by atoms with E-state index in [4.69, 9.17) is 20.3 Å². The van der Waals surface area contributed by atoms with Crippen molar-refractivity contribution in [1.29, 1.82) is 0 Å². The van der Waals surface area contributed by atoms with Gasteiger partial charge in [0.15, 0.2) is 6.17 Å². The van der Waals surface area contributed by atoms with Gasteiger partial charge in [-0.3, -0.25) is 0 Å². The first kappa shape index (κ1) is 27.4. The summed E-state index contributed by atoms with van der Waals surface area (Å²) >= 11 is 0. The molecule has 10 heteroatoms. The van der Waals surface area contributed by atoms with E-state index in [0.29, 0.717) is 6.42 Å². The Morgan fingerprint density at radius 3 is 2.39 bits per heavy atom. The molecule has 0 amide bonds. The quantitative estimate of drug-likeness (QED) is 0.287. The molecule has 1 aliphatic rings. The molecule has 7 atom stereocenters. The third-order valence-electron chi connectivity index (χ3n) is 5.05. The van der Waals surface area contributed by atoms with E-state index in [1.165, 1.54) is 6.92 Å². The molecule has 1 heterocycles. The summed E-state index contributed by atoms with van der Waals surface area (Å²) in [5.74, 6) is -5.93. The molecular formula is C18H34ClF2NO6. The molecule has 0 saturated carbocycles. The van der Waals surface area contributed by atoms with Crippen molar-refractivity contribution in [3.63, 3.8) is 0 Å². The van der Waals surface area contributed by atoms with E-state index >= 15 is 4.39 Å². The van der Waals surface area contributed by atoms with Crippen LogP contribution in [0.3, 0.4) is 0 Å². The second kappa shape index (κ2) is 12.9. The lowest BCUT2D eigenvalue weighted by Gasteiger charge is -2.45. The van der Waals surface area contributed by atoms with Gasteiger partial charge in [-0.15, -0.1) is 12.4 Å². The first-order chi connectivity index (χ1) is 12.7. The maximum absolute atomic E-state index is 15.0. The molecule has 0 radical (unpaired) electrons. The predicted molar refractivity (Wildman–Crippen MR) is 101 cm³/mol. The zero-order valence-electron chi connectivity index (χ0n) is 16.4. The molecule has 0 bridgehead atoms. The highest BCUT2D eigenvalue weighted by Gasteiger charge is 2.61. The van der Waals surface area contributed by atoms with Gasteiger partial charge in [0.2, 0.25) is 0 Å². The lowest BCUT2D eigenvalue weighted by atomic mass is 9.82. The maximum Gasteiger partial charge on any atom is 0.375 e. The third-order valence-corrected chi connectivity index (χ3v) is 5.05. The fourth-order valence-electron chi connectivity index (χ4n) is 3.12. The fourth-order valence-corrected chi connectivity index (χ4v) is 3.12. The molecule has 28 heavy (non-hydrogen) atoms. The van der Waals surface area contributed by atoms with Gasteiger partial charge in [-0.25, -0.2) is 9.18 Å². The molecular weight excluding hydrogens is 400 g/mol. The number of rotatable bonds is 11. The highest BCUT2D eigenvalue weighted by atomic mass is 35.5. The summed E-state index contributed by atoms with van der Waals surface area (Å²) in [5, 5.41) is 28.5. The Hall–Kier alpha value is -0.580. The second-order valence-electron chi connectivity index (χ2n) is 7.21. The zero-order valence-corrected chi connectivity index (χ0v) is 17.2. The lowest BCUT2D eigenvalue weighted by molar-refractivity contribution is -0.285. The van der Waals surface area contributed by atoms with Crippen LogP contribution in [-0.2, 0) is 14.3 Å². The van der Waals surface area contributed by atoms with Gasteiger partial charge < -0.3 is 30.5 Å². The molecule has 168 valence electrons. The van der Waals surface area contributed by atoms with Crippen LogP contribution in [0.1, 0.15) is 52.4 Å². The van der Waals surface area contributed by atoms with Crippen LogP contribution in [0.5, 0.6) is 0 Å². The molecule has 1 rings (SSSR count). The number of carbonyl (C=O) groups excluding carboxylic acids is 1. The highest BCUT2D eigenvalue weighted by molar-refractivity contribution is 5.85. The van der Waals surface area contributed by atoms with Crippen molar-refractivity contribution in [1.82, 2.24) is 0 Å². The summed E-state index contributed by atoms with van der Waals surface area (Å²) in [4.78, 5) is 12.1. The Kier molecular flexibility index (Phi) is 12.6. The molecule has 0 aromatic carbocycles. The van der Waals surface area contributed by atoms with Gasteiger partial charge in [0.25, 0.3) is 0 Å². The van der Waals surface area contributed by atoms with Crippen molar-refractivity contribution in [3.05, 3.63) is 0 Å². The van der Waals surface area contributed by atoms with Crippen molar-refractivity contribution >= 4 is 18.4 Å². The van der Waals surface area contributed by atoms with Crippen LogP contribution in [-0.4, -0.2) is 70.9 Å². The number of ether oxygens (including phenoxy) is 2. The van der Waals surface area contributed by atoms with Crippen LogP contribution in [0.4, 0.5) is 8.78 Å². The molecule has 1 saturated heterocycles. The van der Waals surface area contributed by atoms with Crippen LogP contribution < -0.4 is 5.73 Å². The van der Waals surface area contributed by atoms with Gasteiger partial charge in [0.05, 0.1) is 19.3 Å². The Balaban J connectivity index is 0.00000729. The number of carbonyl (C=O) groups is 1. The number of alkyl halides is 2. The van der Waals surface area contributed by atoms with E-state index < -0.39 is 54.9 Å². The molecule has 5 unspecified atom stereocenters. The van der Waals surface area contributed by atoms with Crippen molar-refractivity contribution in [2.45, 2.75) is 88.8 Å². The van der Waals surface area contributed by atoms with Crippen LogP contribution in [0.2, 0.25) is 0 Å². The number of hydrogen-bond acceptors (Lipinski definition) is 7. The number of esters is 1. The summed E-state index contributed by atoms with van der Waals surface area (Å²) in [6, 6.07) is -1.46. The summed E-state index contributed by atoms with van der Waals surface area (Å²) in [7, 11) is 0. The van der Waals surface area contributed by atoms with Crippen molar-refractivity contribution in [3.8, 4) is 0 Å². The van der Waals surface area contributed by atoms with Crippen molar-refractivity contribution in [2.75, 3.05) is 13.2 Å². The van der Waals surface area contributed by atoms with Crippen LogP contribution in [0, 0.1) is 5.92 Å². The molecule has 0 aliphatic carbocycles. The SMILES string of the molecule is CCCCCCCCOC(=O)C1(F)OC([C@H](O)[C@H](O)CO)C(C)C(N)C1F.Cl. The number of nitrogens with two attached hydrogens (primary N) is 1. The Morgan fingerprint density at radius 1 is 1.25 bits per heavy atom. The Bertz CT molecular complexity index is 460. The first-order valence-corrected chi connectivity index (χ1v) is 9.61. The molecule has 1 fully saturated rings. The molecule has 0 aromatic heterocycles. The highest BCUT2D eigenvalue weighted by Crippen LogP contribution is 2.38. The zero-order chi connectivity index (χ0) is 20.6. The van der Waals surface area contributed by atoms with E-state index in [-0.39, 0.29) is 19.0 Å². The summed E-state index contributed by atoms with van der Waals surface area (Å²) < 4.78 is 39.2. The molecule has 5 N–H and O–H groups in total. The van der Waals surface area contributed by atoms with Gasteiger partial charge in [-0.05, 0) is 6.42 Å². The lowest BCUT2D eigenvalue weighted by Crippen LogP contribution is -2.67. The minimum Gasteiger partial charge on any atom is -0.461 e. The molecule has 0 aromatic rings. The standard InChI is InChI=1S/C18H33F2NO6.ClH/c1-3-4-5-6-7-8-9-26-17(25)18(20)16(19)13(21)11(2)15(27-18)14(24)12(23)10-22;/h11-16,22-24H,3-10,21H2,1-2H3;1H/t11?,12-,13?,14-,15?,16?,18?;/m1./s1. The van der Waals surface area contributed by atoms with E-state index in [1.54, 1.807) is 0 Å². The van der Waals surface area contributed by atoms with E-state index in [1.807, 2.05) is 0 Å². The van der Waals surface area contributed by atoms with Gasteiger partial charge >= 0.3 is 11.8 Å². The number of hydrogen-bond donors (Lipinski definition) is 4. The van der Waals surface area contributed by atoms with Crippen LogP contribution in [0.15, 0.2) is 0 Å². The van der Waals surface area contributed by atoms with E-state index in [9.17, 15) is 19.4 Å². The van der Waals surface area contributed by atoms with Gasteiger partial charge in [0.1, 0.15) is 12.2 Å². The monoisotopic (exact) mass is 433 g/mol. The van der Waals surface area contributed by atoms with Crippen molar-refractivity contribution in [2.24, 2.45) is 11.7 Å². The number of aliphatic hydroxyl groups excluding tert-OH is 3. The van der Waals surface area contributed by atoms with Gasteiger partial charge in [-0.2, -0.15) is 4.39 Å². The molecule has 7 nitrogen and oxygen atoms in total. The normalized spacial score (nSPS) is 32.3. The number of unbranched alkanes of at least 4 members (excludes halogenated alkanes) is 5. The van der Waals surface area contributed by atoms with Crippen molar-refractivity contribution < 1.29 is 38.4 Å². The summed E-state index contributed by atoms with van der Waals surface area (Å²) in [5.41, 5.74) is 5.67. The van der Waals surface area contributed by atoms with E-state index in [2.05, 4.69) is 6.92 Å². The minimum atomic E-state index is -3.48. The predicted octanol–water partition coefficient (Wildman–Crippen LogP) is 1.39. The smallest absolute Gasteiger partial charge is 0.375 e. The summed E-state index contributed by atoms with van der Waals surface area (Å²) in [6.07, 6.45) is -1.81. The Labute approximate surface area is 171 Å². The average molecular weight is 434 g/mol. The van der Waals surface area contributed by atoms with Crippen LogP contribution >= 0.6 is 12.4 Å². The Morgan fingerprint density at radius 2 is 1.82 bits per heavy atom. The second-order valence-corrected chi connectivity index (χ2v) is 7.21. The van der Waals surface area contributed by atoms with Gasteiger partial charge in [-0.1, -0.05) is 46.0 Å². The third kappa shape index (κ3) is 6.74. The van der Waals surface area contributed by atoms with Gasteiger partial charge in [0, 0.05) is 12.0 Å². The number of aliphatic hydroxyl groups is 3. The fraction of sp³-hybridized carbons (Fsp3) is 0.944. The summed E-state index contributed by atoms with van der Waals surface area (Å²) in [6.45, 7) is 2.60.